The average molecular weight is 762 g/mol. The molecule has 12 aromatic rings. The molecule has 58 heavy (non-hydrogen) atoms. The molecule has 0 fully saturated rings. The zero-order valence-corrected chi connectivity index (χ0v) is 31.8. The summed E-state index contributed by atoms with van der Waals surface area (Å²) in [7, 11) is 0. The predicted octanol–water partition coefficient (Wildman–Crippen LogP) is 15.1. The van der Waals surface area contributed by atoms with Gasteiger partial charge in [0.25, 0.3) is 0 Å². The molecule has 8 aromatic carbocycles. The van der Waals surface area contributed by atoms with Gasteiger partial charge in [0.15, 0.2) is 11.4 Å². The normalized spacial score (nSPS) is 11.8. The quantitative estimate of drug-likeness (QED) is 0.169. The van der Waals surface area contributed by atoms with E-state index in [0.717, 1.165) is 83.4 Å². The lowest BCUT2D eigenvalue weighted by atomic mass is 9.97. The van der Waals surface area contributed by atoms with Crippen molar-refractivity contribution in [1.29, 1.82) is 0 Å². The van der Waals surface area contributed by atoms with E-state index in [-0.39, 0.29) is 0 Å². The second-order valence-corrected chi connectivity index (χ2v) is 15.6. The second kappa shape index (κ2) is 13.0. The van der Waals surface area contributed by atoms with Crippen LogP contribution in [-0.4, -0.2) is 9.97 Å². The SMILES string of the molecule is c1ccc(-c2nc(-c3cc(-c4ccc(N(c5ccccc5)c5ccc6c(c5)sc5ccccc56)cc4)cc4oc5ccccc5c34)nc3c2oc2ccccc23)cc1. The summed E-state index contributed by atoms with van der Waals surface area (Å²) in [6.07, 6.45) is 0. The van der Waals surface area contributed by atoms with Gasteiger partial charge in [0, 0.05) is 64.5 Å². The third kappa shape index (κ3) is 5.23. The van der Waals surface area contributed by atoms with E-state index in [1.54, 1.807) is 0 Å². The van der Waals surface area contributed by atoms with Crippen LogP contribution in [0.4, 0.5) is 17.1 Å². The van der Waals surface area contributed by atoms with Gasteiger partial charge in [-0.25, -0.2) is 9.97 Å². The van der Waals surface area contributed by atoms with Crippen molar-refractivity contribution in [2.45, 2.75) is 0 Å². The van der Waals surface area contributed by atoms with E-state index in [1.165, 1.54) is 20.2 Å². The van der Waals surface area contributed by atoms with Gasteiger partial charge in [-0.1, -0.05) is 115 Å². The number of rotatable bonds is 6. The third-order valence-corrected chi connectivity index (χ3v) is 12.2. The lowest BCUT2D eigenvalue weighted by Gasteiger charge is -2.25. The molecule has 0 amide bonds. The molecule has 0 atom stereocenters. The molecular weight excluding hydrogens is 731 g/mol. The first kappa shape index (κ1) is 32.7. The minimum absolute atomic E-state index is 0.611. The Bertz CT molecular complexity index is 3510. The average Bonchev–Trinajstić information content (AvgIpc) is 3.98. The van der Waals surface area contributed by atoms with Crippen molar-refractivity contribution in [3.8, 4) is 33.8 Å². The minimum atomic E-state index is 0.611. The summed E-state index contributed by atoms with van der Waals surface area (Å²) < 4.78 is 15.6. The number of furan rings is 2. The zero-order valence-electron chi connectivity index (χ0n) is 31.0. The maximum atomic E-state index is 6.59. The van der Waals surface area contributed by atoms with Crippen LogP contribution >= 0.6 is 11.3 Å². The van der Waals surface area contributed by atoms with Crippen molar-refractivity contribution < 1.29 is 8.83 Å². The molecule has 0 saturated carbocycles. The standard InChI is InChI=1S/C52H31N3O2S/c1-3-13-33(14-4-1)49-51-50(41-19-8-11-21-44(41)57-51)54-52(53-49)42-29-34(30-45-48(42)40-18-7-10-20-43(40)56-45)32-23-25-36(26-24-32)55(35-15-5-2-6-16-35)37-27-28-39-38-17-9-12-22-46(38)58-47(39)31-37/h1-31H. The summed E-state index contributed by atoms with van der Waals surface area (Å²) in [4.78, 5) is 12.9. The molecule has 5 nitrogen and oxygen atoms in total. The smallest absolute Gasteiger partial charge is 0.180 e. The molecule has 0 radical (unpaired) electrons. The molecule has 0 spiro atoms. The van der Waals surface area contributed by atoms with Gasteiger partial charge in [0.05, 0.1) is 0 Å². The highest BCUT2D eigenvalue weighted by atomic mass is 32.1. The molecule has 0 saturated heterocycles. The Morgan fingerprint density at radius 1 is 0.414 bits per heavy atom. The van der Waals surface area contributed by atoms with Gasteiger partial charge in [0.1, 0.15) is 28.0 Å². The van der Waals surface area contributed by atoms with Crippen LogP contribution in [0.3, 0.4) is 0 Å². The van der Waals surface area contributed by atoms with E-state index in [2.05, 4.69) is 138 Å². The Morgan fingerprint density at radius 2 is 1.05 bits per heavy atom. The van der Waals surface area contributed by atoms with Crippen LogP contribution in [0.15, 0.2) is 197 Å². The third-order valence-electron chi connectivity index (χ3n) is 11.1. The number of aromatic nitrogens is 2. The van der Waals surface area contributed by atoms with Gasteiger partial charge in [-0.15, -0.1) is 11.3 Å². The van der Waals surface area contributed by atoms with E-state index in [0.29, 0.717) is 11.4 Å². The van der Waals surface area contributed by atoms with Crippen molar-refractivity contribution in [3.63, 3.8) is 0 Å². The second-order valence-electron chi connectivity index (χ2n) is 14.5. The molecule has 272 valence electrons. The summed E-state index contributed by atoms with van der Waals surface area (Å²) in [6.45, 7) is 0. The summed E-state index contributed by atoms with van der Waals surface area (Å²) in [5, 5.41) is 5.53. The van der Waals surface area contributed by atoms with Crippen LogP contribution in [0.2, 0.25) is 0 Å². The summed E-state index contributed by atoms with van der Waals surface area (Å²) in [6, 6.07) is 65.6. The number of nitrogens with zero attached hydrogens (tertiary/aromatic N) is 3. The molecule has 12 rings (SSSR count). The minimum Gasteiger partial charge on any atom is -0.456 e. The molecule has 0 N–H and O–H groups in total. The van der Waals surface area contributed by atoms with Gasteiger partial charge in [0.2, 0.25) is 0 Å². The molecular formula is C52H31N3O2S. The number of anilines is 3. The molecule has 4 aromatic heterocycles. The molecule has 4 heterocycles. The van der Waals surface area contributed by atoms with Crippen LogP contribution in [0.25, 0.3) is 98.0 Å². The highest BCUT2D eigenvalue weighted by Gasteiger charge is 2.22. The first-order valence-corrected chi connectivity index (χ1v) is 20.1. The van der Waals surface area contributed by atoms with Gasteiger partial charge in [-0.3, -0.25) is 0 Å². The Labute approximate surface area is 336 Å². The fourth-order valence-corrected chi connectivity index (χ4v) is 9.52. The van der Waals surface area contributed by atoms with Gasteiger partial charge in [-0.2, -0.15) is 0 Å². The molecule has 0 aliphatic heterocycles. The van der Waals surface area contributed by atoms with E-state index in [1.807, 2.05) is 65.9 Å². The maximum Gasteiger partial charge on any atom is 0.180 e. The Kier molecular flexibility index (Phi) is 7.33. The molecule has 6 heteroatoms. The van der Waals surface area contributed by atoms with E-state index >= 15 is 0 Å². The molecule has 0 aliphatic carbocycles. The molecule has 0 unspecified atom stereocenters. The van der Waals surface area contributed by atoms with Crippen molar-refractivity contribution in [2.75, 3.05) is 4.90 Å². The topological polar surface area (TPSA) is 55.3 Å². The van der Waals surface area contributed by atoms with E-state index in [9.17, 15) is 0 Å². The molecule has 0 bridgehead atoms. The summed E-state index contributed by atoms with van der Waals surface area (Å²) in [5.74, 6) is 0.611. The number of hydrogen-bond acceptors (Lipinski definition) is 6. The van der Waals surface area contributed by atoms with Crippen LogP contribution in [0.1, 0.15) is 0 Å². The first-order chi connectivity index (χ1) is 28.7. The number of fused-ring (bicyclic) bond motifs is 9. The monoisotopic (exact) mass is 761 g/mol. The van der Waals surface area contributed by atoms with Crippen molar-refractivity contribution in [2.24, 2.45) is 0 Å². The summed E-state index contributed by atoms with van der Waals surface area (Å²) in [5.41, 5.74) is 11.8. The van der Waals surface area contributed by atoms with Crippen LogP contribution < -0.4 is 4.90 Å². The number of benzene rings is 8. The van der Waals surface area contributed by atoms with E-state index < -0.39 is 0 Å². The number of thiophene rings is 1. The first-order valence-electron chi connectivity index (χ1n) is 19.3. The van der Waals surface area contributed by atoms with Crippen molar-refractivity contribution >= 4 is 92.6 Å². The predicted molar refractivity (Wildman–Crippen MR) is 240 cm³/mol. The van der Waals surface area contributed by atoms with Crippen molar-refractivity contribution in [3.05, 3.63) is 188 Å². The number of para-hydroxylation sites is 3. The lowest BCUT2D eigenvalue weighted by molar-refractivity contribution is 0.667. The van der Waals surface area contributed by atoms with Gasteiger partial charge < -0.3 is 13.7 Å². The zero-order chi connectivity index (χ0) is 38.2. The van der Waals surface area contributed by atoms with Gasteiger partial charge >= 0.3 is 0 Å². The Hall–Kier alpha value is -7.54. The Morgan fingerprint density at radius 3 is 1.86 bits per heavy atom. The van der Waals surface area contributed by atoms with Crippen LogP contribution in [0, 0.1) is 0 Å². The Balaban J connectivity index is 1.03. The lowest BCUT2D eigenvalue weighted by Crippen LogP contribution is -2.09. The van der Waals surface area contributed by atoms with E-state index in [4.69, 9.17) is 18.8 Å². The highest BCUT2D eigenvalue weighted by Crippen LogP contribution is 2.44. The summed E-state index contributed by atoms with van der Waals surface area (Å²) >= 11 is 1.83. The largest absolute Gasteiger partial charge is 0.456 e. The fraction of sp³-hybridized carbons (Fsp3) is 0. The van der Waals surface area contributed by atoms with Crippen LogP contribution in [0.5, 0.6) is 0 Å². The maximum absolute atomic E-state index is 6.59. The van der Waals surface area contributed by atoms with Crippen LogP contribution in [-0.2, 0) is 0 Å². The highest BCUT2D eigenvalue weighted by molar-refractivity contribution is 7.25. The fourth-order valence-electron chi connectivity index (χ4n) is 8.38. The van der Waals surface area contributed by atoms with Crippen molar-refractivity contribution in [1.82, 2.24) is 9.97 Å². The number of hydrogen-bond donors (Lipinski definition) is 0. The van der Waals surface area contributed by atoms with Gasteiger partial charge in [-0.05, 0) is 83.9 Å². The molecule has 0 aliphatic rings.